The number of carbonyl (C=O) groups excluding carboxylic acids is 2. The van der Waals surface area contributed by atoms with Gasteiger partial charge in [-0.2, -0.15) is 0 Å². The summed E-state index contributed by atoms with van der Waals surface area (Å²) in [6.07, 6.45) is 9.28. The van der Waals surface area contributed by atoms with Gasteiger partial charge in [0.2, 0.25) is 11.8 Å². The van der Waals surface area contributed by atoms with E-state index in [4.69, 9.17) is 11.6 Å². The quantitative estimate of drug-likeness (QED) is 0.271. The van der Waals surface area contributed by atoms with E-state index in [0.717, 1.165) is 5.56 Å². The van der Waals surface area contributed by atoms with Gasteiger partial charge in [0.05, 0.1) is 6.33 Å². The lowest BCUT2D eigenvalue weighted by Gasteiger charge is -2.29. The highest BCUT2D eigenvalue weighted by atomic mass is 35.5. The fourth-order valence-corrected chi connectivity index (χ4v) is 5.31. The Labute approximate surface area is 245 Å². The number of hydrogen-bond donors (Lipinski definition) is 2. The van der Waals surface area contributed by atoms with Crippen molar-refractivity contribution in [2.75, 3.05) is 19.6 Å². The summed E-state index contributed by atoms with van der Waals surface area (Å²) in [6.45, 7) is 2.02. The Balaban J connectivity index is 1.30. The van der Waals surface area contributed by atoms with E-state index in [2.05, 4.69) is 39.9 Å². The molecule has 1 saturated heterocycles. The van der Waals surface area contributed by atoms with Crippen molar-refractivity contribution in [1.29, 1.82) is 0 Å². The van der Waals surface area contributed by atoms with Gasteiger partial charge < -0.3 is 14.8 Å². The van der Waals surface area contributed by atoms with E-state index in [-0.39, 0.29) is 23.8 Å². The Morgan fingerprint density at radius 2 is 1.71 bits per heavy atom. The number of amides is 2. The van der Waals surface area contributed by atoms with Crippen LogP contribution in [0.15, 0.2) is 110 Å². The molecule has 2 N–H and O–H groups in total. The predicted octanol–water partition coefficient (Wildman–Crippen LogP) is 4.76. The van der Waals surface area contributed by atoms with Gasteiger partial charge in [0.1, 0.15) is 6.04 Å². The van der Waals surface area contributed by atoms with Crippen LogP contribution in [0.5, 0.6) is 0 Å². The number of halogens is 1. The zero-order valence-electron chi connectivity index (χ0n) is 22.8. The third-order valence-corrected chi connectivity index (χ3v) is 7.63. The smallest absolute Gasteiger partial charge is 0.244 e. The maximum Gasteiger partial charge on any atom is 0.244 e. The summed E-state index contributed by atoms with van der Waals surface area (Å²) in [4.78, 5) is 32.7. The molecule has 0 radical (unpaired) electrons. The summed E-state index contributed by atoms with van der Waals surface area (Å²) < 4.78 is 1.91. The molecule has 3 aromatic carbocycles. The first-order valence-electron chi connectivity index (χ1n) is 13.9. The van der Waals surface area contributed by atoms with E-state index in [9.17, 15) is 9.59 Å². The molecule has 210 valence electrons. The lowest BCUT2D eigenvalue weighted by Crippen LogP contribution is -2.50. The fraction of sp³-hybridized carbons (Fsp3) is 0.242. The zero-order chi connectivity index (χ0) is 28.4. The van der Waals surface area contributed by atoms with Crippen LogP contribution in [-0.2, 0) is 16.1 Å². The van der Waals surface area contributed by atoms with Crippen LogP contribution < -0.4 is 10.6 Å². The average molecular weight is 568 g/mol. The van der Waals surface area contributed by atoms with Crippen LogP contribution in [0.2, 0.25) is 5.02 Å². The topological polar surface area (TPSA) is 79.3 Å². The Morgan fingerprint density at radius 1 is 1.02 bits per heavy atom. The van der Waals surface area contributed by atoms with Gasteiger partial charge in [-0.05, 0) is 41.3 Å². The standard InChI is InChI=1S/C33H34ClN5O2/c34-28-14-11-25(12-15-28)13-16-32(40)36-21-29-17-19-39(33(41)31(37-29)23-38-20-18-35-24-38)22-30(26-7-3-1-4-8-26)27-9-5-2-6-10-27/h1-16,18,20,24,29-31,37H,17,19,21-23H2,(H,36,40). The van der Waals surface area contributed by atoms with Gasteiger partial charge in [-0.1, -0.05) is 84.4 Å². The molecule has 1 aromatic heterocycles. The number of nitrogens with one attached hydrogen (secondary N) is 2. The van der Waals surface area contributed by atoms with Crippen LogP contribution in [0.3, 0.4) is 0 Å². The molecule has 8 heteroatoms. The summed E-state index contributed by atoms with van der Waals surface area (Å²) in [5, 5.41) is 7.18. The second-order valence-corrected chi connectivity index (χ2v) is 10.7. The molecule has 2 amide bonds. The molecule has 7 nitrogen and oxygen atoms in total. The van der Waals surface area contributed by atoms with E-state index in [1.165, 1.54) is 17.2 Å². The van der Waals surface area contributed by atoms with Crippen LogP contribution in [0.4, 0.5) is 0 Å². The number of benzene rings is 3. The Morgan fingerprint density at radius 3 is 2.34 bits per heavy atom. The van der Waals surface area contributed by atoms with Crippen LogP contribution in [0.25, 0.3) is 6.08 Å². The van der Waals surface area contributed by atoms with E-state index in [1.54, 1.807) is 30.7 Å². The molecule has 2 atom stereocenters. The highest BCUT2D eigenvalue weighted by molar-refractivity contribution is 6.30. The summed E-state index contributed by atoms with van der Waals surface area (Å²) >= 11 is 5.95. The minimum Gasteiger partial charge on any atom is -0.351 e. The molecule has 1 fully saturated rings. The SMILES string of the molecule is O=C(C=Cc1ccc(Cl)cc1)NCC1CCN(CC(c2ccccc2)c2ccccc2)C(=O)C(Cn2ccnc2)N1. The minimum atomic E-state index is -0.453. The molecule has 5 rings (SSSR count). The molecule has 0 bridgehead atoms. The first-order valence-corrected chi connectivity index (χ1v) is 14.2. The van der Waals surface area contributed by atoms with Crippen LogP contribution in [0.1, 0.15) is 29.0 Å². The van der Waals surface area contributed by atoms with Gasteiger partial charge in [-0.3, -0.25) is 14.9 Å². The number of hydrogen-bond acceptors (Lipinski definition) is 4. The van der Waals surface area contributed by atoms with Gasteiger partial charge in [-0.25, -0.2) is 4.98 Å². The van der Waals surface area contributed by atoms with Gasteiger partial charge in [-0.15, -0.1) is 0 Å². The molecule has 2 heterocycles. The predicted molar refractivity (Wildman–Crippen MR) is 162 cm³/mol. The summed E-state index contributed by atoms with van der Waals surface area (Å²) in [7, 11) is 0. The van der Waals surface area contributed by atoms with Gasteiger partial charge >= 0.3 is 0 Å². The molecular weight excluding hydrogens is 534 g/mol. The molecule has 0 spiro atoms. The summed E-state index contributed by atoms with van der Waals surface area (Å²) in [6, 6.07) is 27.4. The zero-order valence-corrected chi connectivity index (χ0v) is 23.5. The van der Waals surface area contributed by atoms with Crippen molar-refractivity contribution in [2.45, 2.75) is 31.0 Å². The molecule has 1 aliphatic heterocycles. The van der Waals surface area contributed by atoms with Crippen molar-refractivity contribution in [3.8, 4) is 0 Å². The Bertz CT molecular complexity index is 1390. The fourth-order valence-electron chi connectivity index (χ4n) is 5.18. The average Bonchev–Trinajstić information content (AvgIpc) is 3.47. The first kappa shape index (κ1) is 28.3. The van der Waals surface area contributed by atoms with Crippen molar-refractivity contribution in [1.82, 2.24) is 25.1 Å². The van der Waals surface area contributed by atoms with E-state index >= 15 is 0 Å². The molecule has 41 heavy (non-hydrogen) atoms. The normalized spacial score (nSPS) is 17.6. The minimum absolute atomic E-state index is 0.0458. The largest absolute Gasteiger partial charge is 0.351 e. The monoisotopic (exact) mass is 567 g/mol. The van der Waals surface area contributed by atoms with Crippen molar-refractivity contribution in [2.24, 2.45) is 0 Å². The maximum atomic E-state index is 14.0. The van der Waals surface area contributed by atoms with Gasteiger partial charge in [0.25, 0.3) is 0 Å². The Hall–Kier alpha value is -4.20. The third kappa shape index (κ3) is 7.93. The van der Waals surface area contributed by atoms with Crippen molar-refractivity contribution < 1.29 is 9.59 Å². The first-order chi connectivity index (χ1) is 20.0. The van der Waals surface area contributed by atoms with E-state index < -0.39 is 6.04 Å². The number of aromatic nitrogens is 2. The van der Waals surface area contributed by atoms with Crippen molar-refractivity contribution in [3.63, 3.8) is 0 Å². The molecule has 2 unspecified atom stereocenters. The molecular formula is C33H34ClN5O2. The number of imidazole rings is 1. The molecule has 1 aliphatic rings. The van der Waals surface area contributed by atoms with Gasteiger partial charge in [0.15, 0.2) is 0 Å². The van der Waals surface area contributed by atoms with Crippen LogP contribution in [0, 0.1) is 0 Å². The highest BCUT2D eigenvalue weighted by Crippen LogP contribution is 2.27. The van der Waals surface area contributed by atoms with E-state index in [0.29, 0.717) is 37.6 Å². The Kier molecular flexibility index (Phi) is 9.62. The van der Waals surface area contributed by atoms with Crippen LogP contribution in [-0.4, -0.2) is 58.0 Å². The summed E-state index contributed by atoms with van der Waals surface area (Å²) in [5.74, 6) is -0.0925. The van der Waals surface area contributed by atoms with Crippen LogP contribution >= 0.6 is 11.6 Å². The number of carbonyl (C=O) groups is 2. The lowest BCUT2D eigenvalue weighted by atomic mass is 9.90. The molecule has 0 aliphatic carbocycles. The van der Waals surface area contributed by atoms with Crippen molar-refractivity contribution >= 4 is 29.5 Å². The number of rotatable bonds is 10. The molecule has 0 saturated carbocycles. The number of nitrogens with zero attached hydrogens (tertiary/aromatic N) is 3. The maximum absolute atomic E-state index is 14.0. The third-order valence-electron chi connectivity index (χ3n) is 7.37. The van der Waals surface area contributed by atoms with E-state index in [1.807, 2.05) is 64.2 Å². The highest BCUT2D eigenvalue weighted by Gasteiger charge is 2.33. The lowest BCUT2D eigenvalue weighted by molar-refractivity contribution is -0.133. The van der Waals surface area contributed by atoms with Crippen molar-refractivity contribution in [3.05, 3.63) is 131 Å². The second kappa shape index (κ2) is 13.9. The summed E-state index contributed by atoms with van der Waals surface area (Å²) in [5.41, 5.74) is 3.24. The van der Waals surface area contributed by atoms with Gasteiger partial charge in [0, 0.05) is 61.6 Å². The second-order valence-electron chi connectivity index (χ2n) is 10.3. The molecule has 4 aromatic rings.